The molecule has 1 atom stereocenters. The van der Waals surface area contributed by atoms with E-state index in [2.05, 4.69) is 33.0 Å². The van der Waals surface area contributed by atoms with Crippen LogP contribution in [0.4, 0.5) is 0 Å². The lowest BCUT2D eigenvalue weighted by atomic mass is 9.94. The van der Waals surface area contributed by atoms with Crippen molar-refractivity contribution >= 4 is 33.4 Å². The second-order valence-electron chi connectivity index (χ2n) is 5.38. The van der Waals surface area contributed by atoms with Crippen LogP contribution in [-0.2, 0) is 4.79 Å². The summed E-state index contributed by atoms with van der Waals surface area (Å²) in [5.74, 6) is 0.744. The summed E-state index contributed by atoms with van der Waals surface area (Å²) in [6.45, 7) is 1.76. The molecule has 1 aromatic rings. The summed E-state index contributed by atoms with van der Waals surface area (Å²) < 4.78 is 0. The van der Waals surface area contributed by atoms with Crippen molar-refractivity contribution in [1.29, 1.82) is 0 Å². The van der Waals surface area contributed by atoms with Gasteiger partial charge < -0.3 is 4.90 Å². The standard InChI is InChI=1S/C16H21BrClNO/c17-10-3-5-16(20)19-11-2-1-4-14(12-19)13-6-8-15(18)9-7-13/h6-9,14H,1-5,10-12H2. The van der Waals surface area contributed by atoms with Crippen molar-refractivity contribution in [2.24, 2.45) is 0 Å². The third-order valence-corrected chi connectivity index (χ3v) is 4.70. The van der Waals surface area contributed by atoms with Gasteiger partial charge in [-0.15, -0.1) is 0 Å². The Bertz CT molecular complexity index is 435. The Hall–Kier alpha value is -0.540. The Morgan fingerprint density at radius 1 is 1.30 bits per heavy atom. The van der Waals surface area contributed by atoms with E-state index in [0.717, 1.165) is 42.7 Å². The Kier molecular flexibility index (Phi) is 6.37. The molecule has 0 aliphatic carbocycles. The predicted molar refractivity (Wildman–Crippen MR) is 87.7 cm³/mol. The van der Waals surface area contributed by atoms with E-state index in [9.17, 15) is 4.79 Å². The van der Waals surface area contributed by atoms with Crippen molar-refractivity contribution < 1.29 is 4.79 Å². The molecule has 1 aliphatic rings. The topological polar surface area (TPSA) is 20.3 Å². The first kappa shape index (κ1) is 15.8. The van der Waals surface area contributed by atoms with E-state index in [0.29, 0.717) is 18.2 Å². The molecule has 1 aliphatic heterocycles. The minimum atomic E-state index is 0.297. The normalized spacial score (nSPS) is 19.7. The van der Waals surface area contributed by atoms with E-state index in [1.807, 2.05) is 12.1 Å². The molecular formula is C16H21BrClNO. The molecule has 0 N–H and O–H groups in total. The third-order valence-electron chi connectivity index (χ3n) is 3.89. The van der Waals surface area contributed by atoms with Gasteiger partial charge in [0.1, 0.15) is 0 Å². The molecular weight excluding hydrogens is 338 g/mol. The number of carbonyl (C=O) groups excluding carboxylic acids is 1. The molecule has 1 fully saturated rings. The van der Waals surface area contributed by atoms with Gasteiger partial charge in [0.2, 0.25) is 5.91 Å². The second kappa shape index (κ2) is 8.04. The van der Waals surface area contributed by atoms with Crippen molar-refractivity contribution in [2.75, 3.05) is 18.4 Å². The van der Waals surface area contributed by atoms with E-state index in [-0.39, 0.29) is 0 Å². The Morgan fingerprint density at radius 2 is 2.05 bits per heavy atom. The molecule has 2 nitrogen and oxygen atoms in total. The van der Waals surface area contributed by atoms with Crippen LogP contribution >= 0.6 is 27.5 Å². The van der Waals surface area contributed by atoms with Crippen LogP contribution < -0.4 is 0 Å². The molecule has 0 radical (unpaired) electrons. The quantitative estimate of drug-likeness (QED) is 0.720. The average Bonchev–Trinajstić information content (AvgIpc) is 2.71. The molecule has 1 unspecified atom stereocenters. The van der Waals surface area contributed by atoms with Crippen molar-refractivity contribution in [2.45, 2.75) is 38.0 Å². The number of nitrogens with zero attached hydrogens (tertiary/aromatic N) is 1. The van der Waals surface area contributed by atoms with Crippen LogP contribution in [0.15, 0.2) is 24.3 Å². The van der Waals surface area contributed by atoms with Gasteiger partial charge in [0.05, 0.1) is 0 Å². The minimum absolute atomic E-state index is 0.297. The third kappa shape index (κ3) is 4.49. The fourth-order valence-corrected chi connectivity index (χ4v) is 3.16. The van der Waals surface area contributed by atoms with Gasteiger partial charge in [-0.25, -0.2) is 0 Å². The summed E-state index contributed by atoms with van der Waals surface area (Å²) in [4.78, 5) is 14.3. The first-order valence-electron chi connectivity index (χ1n) is 7.30. The van der Waals surface area contributed by atoms with Crippen LogP contribution in [-0.4, -0.2) is 29.2 Å². The highest BCUT2D eigenvalue weighted by Gasteiger charge is 2.22. The Morgan fingerprint density at radius 3 is 2.75 bits per heavy atom. The zero-order chi connectivity index (χ0) is 14.4. The van der Waals surface area contributed by atoms with Crippen LogP contribution in [0, 0.1) is 0 Å². The summed E-state index contributed by atoms with van der Waals surface area (Å²) in [6, 6.07) is 8.08. The zero-order valence-electron chi connectivity index (χ0n) is 11.7. The first-order chi connectivity index (χ1) is 9.70. The van der Waals surface area contributed by atoms with Crippen LogP contribution in [0.3, 0.4) is 0 Å². The maximum atomic E-state index is 12.2. The van der Waals surface area contributed by atoms with Crippen LogP contribution in [0.2, 0.25) is 5.02 Å². The summed E-state index contributed by atoms with van der Waals surface area (Å²) in [6.07, 6.45) is 5.03. The number of halogens is 2. The van der Waals surface area contributed by atoms with E-state index < -0.39 is 0 Å². The molecule has 0 aromatic heterocycles. The summed E-state index contributed by atoms with van der Waals surface area (Å²) in [5.41, 5.74) is 1.30. The molecule has 0 bridgehead atoms. The Balaban J connectivity index is 2.02. The van der Waals surface area contributed by atoms with Crippen LogP contribution in [0.5, 0.6) is 0 Å². The first-order valence-corrected chi connectivity index (χ1v) is 8.80. The van der Waals surface area contributed by atoms with Gasteiger partial charge >= 0.3 is 0 Å². The van der Waals surface area contributed by atoms with Gasteiger partial charge in [-0.2, -0.15) is 0 Å². The van der Waals surface area contributed by atoms with E-state index in [4.69, 9.17) is 11.6 Å². The molecule has 1 saturated heterocycles. The number of alkyl halides is 1. The maximum Gasteiger partial charge on any atom is 0.222 e. The number of hydrogen-bond acceptors (Lipinski definition) is 1. The largest absolute Gasteiger partial charge is 0.342 e. The van der Waals surface area contributed by atoms with E-state index in [1.54, 1.807) is 0 Å². The predicted octanol–water partition coefficient (Wildman–Crippen LogP) is 4.61. The minimum Gasteiger partial charge on any atom is -0.342 e. The van der Waals surface area contributed by atoms with Gasteiger partial charge in [0, 0.05) is 35.8 Å². The van der Waals surface area contributed by atoms with E-state index in [1.165, 1.54) is 12.0 Å². The second-order valence-corrected chi connectivity index (χ2v) is 6.61. The fourth-order valence-electron chi connectivity index (χ4n) is 2.75. The lowest BCUT2D eigenvalue weighted by molar-refractivity contribution is -0.131. The number of carbonyl (C=O) groups is 1. The molecule has 1 amide bonds. The average molecular weight is 359 g/mol. The van der Waals surface area contributed by atoms with Crippen molar-refractivity contribution in [3.05, 3.63) is 34.9 Å². The van der Waals surface area contributed by atoms with Gasteiger partial charge in [-0.1, -0.05) is 46.1 Å². The lowest BCUT2D eigenvalue weighted by Crippen LogP contribution is -2.34. The maximum absolute atomic E-state index is 12.2. The smallest absolute Gasteiger partial charge is 0.222 e. The van der Waals surface area contributed by atoms with Crippen LogP contribution in [0.25, 0.3) is 0 Å². The summed E-state index contributed by atoms with van der Waals surface area (Å²) >= 11 is 9.34. The summed E-state index contributed by atoms with van der Waals surface area (Å²) in [7, 11) is 0. The van der Waals surface area contributed by atoms with Gasteiger partial charge in [0.15, 0.2) is 0 Å². The van der Waals surface area contributed by atoms with Crippen LogP contribution in [0.1, 0.15) is 43.6 Å². The SMILES string of the molecule is O=C(CCCBr)N1CCCCC(c2ccc(Cl)cc2)C1. The molecule has 1 heterocycles. The van der Waals surface area contributed by atoms with Crippen molar-refractivity contribution in [1.82, 2.24) is 4.90 Å². The molecule has 20 heavy (non-hydrogen) atoms. The van der Waals surface area contributed by atoms with E-state index >= 15 is 0 Å². The van der Waals surface area contributed by atoms with Gasteiger partial charge in [-0.05, 0) is 37.0 Å². The van der Waals surface area contributed by atoms with Gasteiger partial charge in [-0.3, -0.25) is 4.79 Å². The lowest BCUT2D eigenvalue weighted by Gasteiger charge is -2.25. The number of benzene rings is 1. The number of rotatable bonds is 4. The molecule has 0 saturated carbocycles. The van der Waals surface area contributed by atoms with Crippen molar-refractivity contribution in [3.8, 4) is 0 Å². The molecule has 110 valence electrons. The molecule has 4 heteroatoms. The fraction of sp³-hybridized carbons (Fsp3) is 0.562. The highest BCUT2D eigenvalue weighted by Crippen LogP contribution is 2.27. The number of hydrogen-bond donors (Lipinski definition) is 0. The molecule has 0 spiro atoms. The highest BCUT2D eigenvalue weighted by atomic mass is 79.9. The van der Waals surface area contributed by atoms with Crippen molar-refractivity contribution in [3.63, 3.8) is 0 Å². The molecule has 1 aromatic carbocycles. The number of likely N-dealkylation sites (tertiary alicyclic amines) is 1. The van der Waals surface area contributed by atoms with Gasteiger partial charge in [0.25, 0.3) is 0 Å². The number of amides is 1. The Labute approximate surface area is 134 Å². The highest BCUT2D eigenvalue weighted by molar-refractivity contribution is 9.09. The monoisotopic (exact) mass is 357 g/mol. The zero-order valence-corrected chi connectivity index (χ0v) is 14.0. The summed E-state index contributed by atoms with van der Waals surface area (Å²) in [5, 5.41) is 1.67. The molecule has 2 rings (SSSR count).